The molecule has 1 amide bonds. The van der Waals surface area contributed by atoms with Gasteiger partial charge in [-0.15, -0.1) is 0 Å². The van der Waals surface area contributed by atoms with Crippen molar-refractivity contribution >= 4 is 37.5 Å². The van der Waals surface area contributed by atoms with Crippen LogP contribution >= 0.6 is 0 Å². The molecule has 1 aliphatic heterocycles. The summed E-state index contributed by atoms with van der Waals surface area (Å²) >= 11 is 0. The van der Waals surface area contributed by atoms with E-state index in [2.05, 4.69) is 10.0 Å². The van der Waals surface area contributed by atoms with Crippen molar-refractivity contribution in [1.29, 1.82) is 0 Å². The molecule has 2 aromatic rings. The number of piperidine rings is 1. The first-order valence-corrected chi connectivity index (χ1v) is 13.2. The van der Waals surface area contributed by atoms with Gasteiger partial charge in [0.1, 0.15) is 5.75 Å². The van der Waals surface area contributed by atoms with Crippen LogP contribution in [0.3, 0.4) is 0 Å². The van der Waals surface area contributed by atoms with Crippen molar-refractivity contribution in [2.75, 3.05) is 44.3 Å². The van der Waals surface area contributed by atoms with Gasteiger partial charge in [0.2, 0.25) is 5.91 Å². The summed E-state index contributed by atoms with van der Waals surface area (Å²) in [6.07, 6.45) is 0.828. The number of amides is 1. The Bertz CT molecular complexity index is 1170. The summed E-state index contributed by atoms with van der Waals surface area (Å²) in [5, 5.41) is 2.78. The maximum atomic E-state index is 12.6. The van der Waals surface area contributed by atoms with Gasteiger partial charge < -0.3 is 10.1 Å². The molecule has 0 aromatic heterocycles. The largest absolute Gasteiger partial charge is 0.497 e. The first kappa shape index (κ1) is 25.0. The molecule has 0 unspecified atom stereocenters. The number of nitrogens with zero attached hydrogens (tertiary/aromatic N) is 2. The van der Waals surface area contributed by atoms with Gasteiger partial charge in [-0.25, -0.2) is 8.42 Å². The van der Waals surface area contributed by atoms with Crippen molar-refractivity contribution in [3.63, 3.8) is 0 Å². The second kappa shape index (κ2) is 10.1. The molecule has 33 heavy (non-hydrogen) atoms. The lowest BCUT2D eigenvalue weighted by atomic mass is 9.97. The lowest BCUT2D eigenvalue weighted by Crippen LogP contribution is -2.46. The van der Waals surface area contributed by atoms with Crippen molar-refractivity contribution in [3.05, 3.63) is 48.5 Å². The number of benzene rings is 2. The average molecular weight is 497 g/mol. The Morgan fingerprint density at radius 2 is 1.48 bits per heavy atom. The predicted octanol–water partition coefficient (Wildman–Crippen LogP) is 1.95. The number of nitrogens with one attached hydrogen (secondary N) is 2. The third-order valence-electron chi connectivity index (χ3n) is 5.39. The lowest BCUT2D eigenvalue weighted by Gasteiger charge is -2.32. The number of sulfonamides is 1. The fraction of sp³-hybridized carbons (Fsp3) is 0.381. The minimum Gasteiger partial charge on any atom is -0.497 e. The molecule has 2 aromatic carbocycles. The van der Waals surface area contributed by atoms with E-state index in [0.29, 0.717) is 30.0 Å². The second-order valence-electron chi connectivity index (χ2n) is 7.81. The van der Waals surface area contributed by atoms with Gasteiger partial charge in [-0.1, -0.05) is 0 Å². The molecular weight excluding hydrogens is 468 g/mol. The van der Waals surface area contributed by atoms with Crippen LogP contribution in [0.1, 0.15) is 12.8 Å². The van der Waals surface area contributed by atoms with E-state index in [1.54, 1.807) is 24.3 Å². The summed E-state index contributed by atoms with van der Waals surface area (Å²) in [7, 11) is -2.80. The molecule has 0 bridgehead atoms. The van der Waals surface area contributed by atoms with Crippen molar-refractivity contribution in [2.45, 2.75) is 17.7 Å². The number of ether oxygens (including phenoxy) is 1. The normalized spacial score (nSPS) is 15.9. The SMILES string of the molecule is COc1ccc(NS(=O)(=O)c2ccc(NC(=O)C3CCN(S(=O)(=O)N(C)C)CC3)cc2)cc1. The van der Waals surface area contributed by atoms with Crippen LogP contribution in [0.5, 0.6) is 5.75 Å². The number of rotatable bonds is 8. The highest BCUT2D eigenvalue weighted by atomic mass is 32.2. The number of anilines is 2. The van der Waals surface area contributed by atoms with Gasteiger partial charge in [-0.3, -0.25) is 9.52 Å². The van der Waals surface area contributed by atoms with E-state index in [0.717, 1.165) is 4.31 Å². The molecule has 0 saturated carbocycles. The molecule has 1 saturated heterocycles. The molecule has 1 aliphatic rings. The summed E-state index contributed by atoms with van der Waals surface area (Å²) in [5.74, 6) is 0.0747. The highest BCUT2D eigenvalue weighted by Gasteiger charge is 2.32. The van der Waals surface area contributed by atoms with E-state index in [4.69, 9.17) is 4.74 Å². The van der Waals surface area contributed by atoms with Crippen LogP contribution in [0.25, 0.3) is 0 Å². The van der Waals surface area contributed by atoms with Gasteiger partial charge in [0.15, 0.2) is 0 Å². The predicted molar refractivity (Wildman–Crippen MR) is 126 cm³/mol. The molecule has 3 rings (SSSR count). The minimum atomic E-state index is -3.80. The molecule has 1 fully saturated rings. The summed E-state index contributed by atoms with van der Waals surface area (Å²) < 4.78 is 59.7. The third kappa shape index (κ3) is 6.02. The Kier molecular flexibility index (Phi) is 7.62. The van der Waals surface area contributed by atoms with Crippen LogP contribution in [-0.2, 0) is 25.0 Å². The van der Waals surface area contributed by atoms with E-state index < -0.39 is 20.2 Å². The molecule has 1 heterocycles. The highest BCUT2D eigenvalue weighted by Crippen LogP contribution is 2.24. The maximum absolute atomic E-state index is 12.6. The number of carbonyl (C=O) groups excluding carboxylic acids is 1. The highest BCUT2D eigenvalue weighted by molar-refractivity contribution is 7.92. The summed E-state index contributed by atoms with van der Waals surface area (Å²) in [4.78, 5) is 12.7. The molecule has 180 valence electrons. The van der Waals surface area contributed by atoms with Crippen LogP contribution < -0.4 is 14.8 Å². The monoisotopic (exact) mass is 496 g/mol. The molecule has 0 spiro atoms. The van der Waals surface area contributed by atoms with E-state index in [9.17, 15) is 21.6 Å². The number of hydrogen-bond acceptors (Lipinski definition) is 6. The molecular formula is C21H28N4O6S2. The second-order valence-corrected chi connectivity index (χ2v) is 11.6. The lowest BCUT2D eigenvalue weighted by molar-refractivity contribution is -0.120. The molecule has 0 aliphatic carbocycles. The fourth-order valence-electron chi connectivity index (χ4n) is 3.41. The summed E-state index contributed by atoms with van der Waals surface area (Å²) in [5.41, 5.74) is 0.863. The quantitative estimate of drug-likeness (QED) is 0.576. The first-order valence-electron chi connectivity index (χ1n) is 10.3. The van der Waals surface area contributed by atoms with E-state index in [1.807, 2.05) is 0 Å². The molecule has 12 heteroatoms. The van der Waals surface area contributed by atoms with Crippen LogP contribution in [0.2, 0.25) is 0 Å². The molecule has 0 atom stereocenters. The molecule has 0 radical (unpaired) electrons. The molecule has 10 nitrogen and oxygen atoms in total. The van der Waals surface area contributed by atoms with Gasteiger partial charge in [0.05, 0.1) is 12.0 Å². The van der Waals surface area contributed by atoms with Crippen LogP contribution in [0.4, 0.5) is 11.4 Å². The minimum absolute atomic E-state index is 0.0542. The maximum Gasteiger partial charge on any atom is 0.281 e. The Morgan fingerprint density at radius 3 is 2.00 bits per heavy atom. The Hall–Kier alpha value is -2.67. The van der Waals surface area contributed by atoms with Gasteiger partial charge >= 0.3 is 0 Å². The zero-order valence-electron chi connectivity index (χ0n) is 18.7. The Balaban J connectivity index is 1.58. The fourth-order valence-corrected chi connectivity index (χ4v) is 5.61. The van der Waals surface area contributed by atoms with Gasteiger partial charge in [-0.05, 0) is 61.4 Å². The van der Waals surface area contributed by atoms with E-state index in [-0.39, 0.29) is 29.8 Å². The zero-order valence-corrected chi connectivity index (χ0v) is 20.3. The van der Waals surface area contributed by atoms with Crippen LogP contribution in [-0.4, -0.2) is 65.6 Å². The average Bonchev–Trinajstić information content (AvgIpc) is 2.79. The summed E-state index contributed by atoms with van der Waals surface area (Å²) in [6.45, 7) is 0.541. The van der Waals surface area contributed by atoms with Gasteiger partial charge in [0.25, 0.3) is 20.2 Å². The smallest absolute Gasteiger partial charge is 0.281 e. The Labute approximate surface area is 194 Å². The van der Waals surface area contributed by atoms with Crippen LogP contribution in [0, 0.1) is 5.92 Å². The van der Waals surface area contributed by atoms with Crippen molar-refractivity contribution in [3.8, 4) is 5.75 Å². The van der Waals surface area contributed by atoms with Crippen molar-refractivity contribution in [1.82, 2.24) is 8.61 Å². The van der Waals surface area contributed by atoms with Gasteiger partial charge in [0, 0.05) is 44.5 Å². The first-order chi connectivity index (χ1) is 15.5. The number of carbonyl (C=O) groups is 1. The Morgan fingerprint density at radius 1 is 0.939 bits per heavy atom. The third-order valence-corrected chi connectivity index (χ3v) is 8.72. The number of methoxy groups -OCH3 is 1. The van der Waals surface area contributed by atoms with E-state index >= 15 is 0 Å². The standard InChI is InChI=1S/C21H28N4O6S2/c1-24(2)33(29,30)25-14-12-16(13-15-25)21(26)22-17-6-10-20(11-7-17)32(27,28)23-18-4-8-19(31-3)9-5-18/h4-11,16,23H,12-15H2,1-3H3,(H,22,26). The van der Waals surface area contributed by atoms with Gasteiger partial charge in [-0.2, -0.15) is 17.0 Å². The van der Waals surface area contributed by atoms with E-state index in [1.165, 1.54) is 49.8 Å². The topological polar surface area (TPSA) is 125 Å². The summed E-state index contributed by atoms with van der Waals surface area (Å²) in [6, 6.07) is 12.4. The van der Waals surface area contributed by atoms with Crippen molar-refractivity contribution < 1.29 is 26.4 Å². The number of hydrogen-bond donors (Lipinski definition) is 2. The zero-order chi connectivity index (χ0) is 24.2. The molecule has 2 N–H and O–H groups in total. The van der Waals surface area contributed by atoms with Crippen molar-refractivity contribution in [2.24, 2.45) is 5.92 Å². The van der Waals surface area contributed by atoms with Crippen LogP contribution in [0.15, 0.2) is 53.4 Å².